The van der Waals surface area contributed by atoms with E-state index >= 15 is 0 Å². The van der Waals surface area contributed by atoms with E-state index in [4.69, 9.17) is 10.00 Å². The molecule has 0 saturated carbocycles. The average molecular weight is 270 g/mol. The number of rotatable bonds is 2. The van der Waals surface area contributed by atoms with Crippen LogP contribution in [0.5, 0.6) is 5.75 Å². The molecule has 0 heterocycles. The van der Waals surface area contributed by atoms with Crippen LogP contribution in [-0.2, 0) is 4.74 Å². The van der Waals surface area contributed by atoms with Gasteiger partial charge in [0.15, 0.2) is 6.10 Å². The first-order valence-electron chi connectivity index (χ1n) is 4.13. The minimum absolute atomic E-state index is 0.0338. The van der Waals surface area contributed by atoms with E-state index in [1.807, 2.05) is 0 Å². The smallest absolute Gasteiger partial charge is 0.343 e. The summed E-state index contributed by atoms with van der Waals surface area (Å²) in [5.41, 5.74) is 0.0338. The Labute approximate surface area is 95.2 Å². The summed E-state index contributed by atoms with van der Waals surface area (Å²) < 4.78 is 5.39. The van der Waals surface area contributed by atoms with Gasteiger partial charge in [-0.1, -0.05) is 15.9 Å². The lowest BCUT2D eigenvalue weighted by atomic mass is 10.2. The number of nitriles is 1. The summed E-state index contributed by atoms with van der Waals surface area (Å²) in [5.74, 6) is -0.892. The third kappa shape index (κ3) is 2.96. The Kier molecular flexibility index (Phi) is 3.69. The number of hydrogen-bond donors (Lipinski definition) is 1. The number of benzene rings is 1. The molecule has 0 saturated heterocycles. The number of nitrogens with zero attached hydrogens (tertiary/aromatic N) is 1. The van der Waals surface area contributed by atoms with E-state index in [-0.39, 0.29) is 11.3 Å². The minimum atomic E-state index is -0.837. The van der Waals surface area contributed by atoms with Crippen LogP contribution in [0.4, 0.5) is 0 Å². The Morgan fingerprint density at radius 2 is 2.33 bits per heavy atom. The molecule has 0 aliphatic carbocycles. The van der Waals surface area contributed by atoms with Crippen LogP contribution in [0.25, 0.3) is 0 Å². The molecular weight excluding hydrogens is 262 g/mol. The van der Waals surface area contributed by atoms with Crippen molar-refractivity contribution in [3.63, 3.8) is 0 Å². The molecular formula is C10H8BrNO3. The van der Waals surface area contributed by atoms with Gasteiger partial charge in [-0.25, -0.2) is 4.79 Å². The summed E-state index contributed by atoms with van der Waals surface area (Å²) in [6.07, 6.45) is -0.837. The Morgan fingerprint density at radius 3 is 2.93 bits per heavy atom. The van der Waals surface area contributed by atoms with Gasteiger partial charge in [-0.05, 0) is 25.1 Å². The van der Waals surface area contributed by atoms with Crippen molar-refractivity contribution in [2.75, 3.05) is 0 Å². The molecule has 0 bridgehead atoms. The number of phenols is 1. The molecule has 0 spiro atoms. The standard InChI is InChI=1S/C10H8BrNO3/c1-6(5-12)15-10(14)8-4-7(11)2-3-9(8)13/h2-4,6,13H,1H3/t6-/m1/s1. The van der Waals surface area contributed by atoms with Gasteiger partial charge in [0.25, 0.3) is 0 Å². The van der Waals surface area contributed by atoms with E-state index in [0.29, 0.717) is 4.47 Å². The maximum absolute atomic E-state index is 11.4. The van der Waals surface area contributed by atoms with Crippen LogP contribution in [0.2, 0.25) is 0 Å². The number of esters is 1. The van der Waals surface area contributed by atoms with Crippen LogP contribution in [0.1, 0.15) is 17.3 Å². The Balaban J connectivity index is 2.92. The van der Waals surface area contributed by atoms with Gasteiger partial charge < -0.3 is 9.84 Å². The first-order valence-corrected chi connectivity index (χ1v) is 4.93. The number of hydrogen-bond acceptors (Lipinski definition) is 4. The number of aromatic hydroxyl groups is 1. The lowest BCUT2D eigenvalue weighted by Gasteiger charge is -2.07. The first kappa shape index (κ1) is 11.5. The molecule has 0 aromatic heterocycles. The predicted molar refractivity (Wildman–Crippen MR) is 56.3 cm³/mol. The third-order valence-corrected chi connectivity index (χ3v) is 2.14. The van der Waals surface area contributed by atoms with Gasteiger partial charge in [0, 0.05) is 4.47 Å². The highest BCUT2D eigenvalue weighted by Crippen LogP contribution is 2.22. The van der Waals surface area contributed by atoms with Crippen LogP contribution in [-0.4, -0.2) is 17.2 Å². The number of carbonyl (C=O) groups is 1. The van der Waals surface area contributed by atoms with Gasteiger partial charge in [0.05, 0.1) is 0 Å². The van der Waals surface area contributed by atoms with Crippen molar-refractivity contribution < 1.29 is 14.6 Å². The average Bonchev–Trinajstić information content (AvgIpc) is 2.21. The minimum Gasteiger partial charge on any atom is -0.507 e. The SMILES string of the molecule is C[C@H](C#N)OC(=O)c1cc(Br)ccc1O. The molecule has 5 heteroatoms. The maximum Gasteiger partial charge on any atom is 0.343 e. The van der Waals surface area contributed by atoms with Gasteiger partial charge >= 0.3 is 5.97 Å². The number of halogens is 1. The first-order chi connectivity index (χ1) is 7.04. The van der Waals surface area contributed by atoms with Crippen molar-refractivity contribution in [1.82, 2.24) is 0 Å². The van der Waals surface area contributed by atoms with E-state index in [2.05, 4.69) is 15.9 Å². The topological polar surface area (TPSA) is 70.3 Å². The van der Waals surface area contributed by atoms with Crippen molar-refractivity contribution in [3.8, 4) is 11.8 Å². The second-order valence-electron chi connectivity index (χ2n) is 2.84. The molecule has 0 aliphatic heterocycles. The van der Waals surface area contributed by atoms with Gasteiger partial charge in [-0.15, -0.1) is 0 Å². The molecule has 15 heavy (non-hydrogen) atoms. The molecule has 1 aromatic rings. The van der Waals surface area contributed by atoms with E-state index in [9.17, 15) is 9.90 Å². The molecule has 78 valence electrons. The quantitative estimate of drug-likeness (QED) is 0.836. The lowest BCUT2D eigenvalue weighted by Crippen LogP contribution is -2.13. The normalized spacial score (nSPS) is 11.5. The fourth-order valence-corrected chi connectivity index (χ4v) is 1.28. The number of phenolic OH excluding ortho intramolecular Hbond substituents is 1. The number of carbonyl (C=O) groups excluding carboxylic acids is 1. The fraction of sp³-hybridized carbons (Fsp3) is 0.200. The van der Waals surface area contributed by atoms with Crippen LogP contribution >= 0.6 is 15.9 Å². The molecule has 1 atom stereocenters. The van der Waals surface area contributed by atoms with E-state index in [1.54, 1.807) is 12.1 Å². The third-order valence-electron chi connectivity index (χ3n) is 1.64. The van der Waals surface area contributed by atoms with Crippen LogP contribution in [0.15, 0.2) is 22.7 Å². The highest BCUT2D eigenvalue weighted by atomic mass is 79.9. The molecule has 0 unspecified atom stereocenters. The zero-order valence-corrected chi connectivity index (χ0v) is 9.48. The molecule has 1 rings (SSSR count). The molecule has 4 nitrogen and oxygen atoms in total. The van der Waals surface area contributed by atoms with Crippen molar-refractivity contribution in [1.29, 1.82) is 5.26 Å². The van der Waals surface area contributed by atoms with Gasteiger partial charge in [-0.3, -0.25) is 0 Å². The van der Waals surface area contributed by atoms with E-state index in [1.165, 1.54) is 19.1 Å². The monoisotopic (exact) mass is 269 g/mol. The molecule has 0 fully saturated rings. The summed E-state index contributed by atoms with van der Waals surface area (Å²) in [6, 6.07) is 6.17. The zero-order valence-electron chi connectivity index (χ0n) is 7.90. The van der Waals surface area contributed by atoms with Gasteiger partial charge in [0.1, 0.15) is 17.4 Å². The molecule has 0 radical (unpaired) electrons. The van der Waals surface area contributed by atoms with Crippen molar-refractivity contribution in [3.05, 3.63) is 28.2 Å². The summed E-state index contributed by atoms with van der Waals surface area (Å²) >= 11 is 3.16. The summed E-state index contributed by atoms with van der Waals surface area (Å²) in [4.78, 5) is 11.4. The maximum atomic E-state index is 11.4. The summed E-state index contributed by atoms with van der Waals surface area (Å²) in [5, 5.41) is 17.8. The van der Waals surface area contributed by atoms with E-state index < -0.39 is 12.1 Å². The highest BCUT2D eigenvalue weighted by molar-refractivity contribution is 9.10. The predicted octanol–water partition coefficient (Wildman–Crippen LogP) is 2.22. The van der Waals surface area contributed by atoms with Crippen molar-refractivity contribution in [2.24, 2.45) is 0 Å². The molecule has 1 N–H and O–H groups in total. The Hall–Kier alpha value is -1.54. The summed E-state index contributed by atoms with van der Waals surface area (Å²) in [6.45, 7) is 1.45. The largest absolute Gasteiger partial charge is 0.507 e. The van der Waals surface area contributed by atoms with E-state index in [0.717, 1.165) is 0 Å². The van der Waals surface area contributed by atoms with Crippen LogP contribution in [0, 0.1) is 11.3 Å². The summed E-state index contributed by atoms with van der Waals surface area (Å²) in [7, 11) is 0. The second-order valence-corrected chi connectivity index (χ2v) is 3.75. The zero-order chi connectivity index (χ0) is 11.4. The molecule has 0 aliphatic rings. The Bertz CT molecular complexity index is 425. The highest BCUT2D eigenvalue weighted by Gasteiger charge is 2.15. The second kappa shape index (κ2) is 4.80. The van der Waals surface area contributed by atoms with Crippen molar-refractivity contribution in [2.45, 2.75) is 13.0 Å². The number of ether oxygens (including phenoxy) is 1. The molecule has 0 amide bonds. The van der Waals surface area contributed by atoms with Crippen molar-refractivity contribution >= 4 is 21.9 Å². The van der Waals surface area contributed by atoms with Crippen LogP contribution < -0.4 is 0 Å². The fourth-order valence-electron chi connectivity index (χ4n) is 0.922. The Morgan fingerprint density at radius 1 is 1.67 bits per heavy atom. The molecule has 1 aromatic carbocycles. The van der Waals surface area contributed by atoms with Gasteiger partial charge in [-0.2, -0.15) is 5.26 Å². The van der Waals surface area contributed by atoms with Gasteiger partial charge in [0.2, 0.25) is 0 Å². The van der Waals surface area contributed by atoms with Crippen LogP contribution in [0.3, 0.4) is 0 Å². The lowest BCUT2D eigenvalue weighted by molar-refractivity contribution is 0.0432.